The van der Waals surface area contributed by atoms with Crippen LogP contribution in [0.1, 0.15) is 43.8 Å². The highest BCUT2D eigenvalue weighted by Crippen LogP contribution is 2.33. The van der Waals surface area contributed by atoms with Gasteiger partial charge in [0.25, 0.3) is 5.91 Å². The molecule has 1 heterocycles. The number of anilines is 1. The van der Waals surface area contributed by atoms with Crippen LogP contribution in [0.5, 0.6) is 5.75 Å². The van der Waals surface area contributed by atoms with Crippen molar-refractivity contribution in [3.8, 4) is 5.75 Å². The lowest BCUT2D eigenvalue weighted by Gasteiger charge is -2.16. The van der Waals surface area contributed by atoms with Gasteiger partial charge in [0, 0.05) is 4.88 Å². The first kappa shape index (κ1) is 16.5. The van der Waals surface area contributed by atoms with E-state index in [2.05, 4.69) is 17.0 Å². The summed E-state index contributed by atoms with van der Waals surface area (Å²) < 4.78 is 4.62. The van der Waals surface area contributed by atoms with E-state index in [4.69, 9.17) is 0 Å². The maximum absolute atomic E-state index is 12.5. The number of benzene rings is 1. The molecular formula is C18H19NO4S. The molecule has 5 nitrogen and oxygen atoms in total. The fourth-order valence-electron chi connectivity index (χ4n) is 2.92. The number of phenols is 1. The summed E-state index contributed by atoms with van der Waals surface area (Å²) >= 11 is 1.50. The van der Waals surface area contributed by atoms with Crippen molar-refractivity contribution < 1.29 is 19.4 Å². The fraction of sp³-hybridized carbons (Fsp3) is 0.333. The Morgan fingerprint density at radius 2 is 2.17 bits per heavy atom. The minimum Gasteiger partial charge on any atom is -0.505 e. The van der Waals surface area contributed by atoms with Crippen LogP contribution in [-0.4, -0.2) is 24.1 Å². The van der Waals surface area contributed by atoms with Gasteiger partial charge in [0.2, 0.25) is 0 Å². The zero-order valence-electron chi connectivity index (χ0n) is 13.6. The predicted octanol–water partition coefficient (Wildman–Crippen LogP) is 3.62. The van der Waals surface area contributed by atoms with Crippen molar-refractivity contribution in [3.05, 3.63) is 45.1 Å². The number of aryl methyl sites for hydroxylation is 1. The Morgan fingerprint density at radius 1 is 1.38 bits per heavy atom. The third kappa shape index (κ3) is 3.14. The topological polar surface area (TPSA) is 75.6 Å². The summed E-state index contributed by atoms with van der Waals surface area (Å²) in [5, 5.41) is 12.9. The Morgan fingerprint density at radius 3 is 2.92 bits per heavy atom. The molecular weight excluding hydrogens is 326 g/mol. The third-order valence-corrected chi connectivity index (χ3v) is 5.48. The van der Waals surface area contributed by atoms with Crippen LogP contribution in [0, 0.1) is 5.92 Å². The molecule has 0 aliphatic heterocycles. The van der Waals surface area contributed by atoms with E-state index in [1.54, 1.807) is 12.1 Å². The molecule has 0 spiro atoms. The molecule has 1 aliphatic carbocycles. The van der Waals surface area contributed by atoms with Crippen LogP contribution in [0.15, 0.2) is 24.3 Å². The maximum atomic E-state index is 12.5. The predicted molar refractivity (Wildman–Crippen MR) is 92.9 cm³/mol. The summed E-state index contributed by atoms with van der Waals surface area (Å²) in [6.45, 7) is 2.22. The van der Waals surface area contributed by atoms with Crippen LogP contribution < -0.4 is 5.32 Å². The van der Waals surface area contributed by atoms with E-state index >= 15 is 0 Å². The summed E-state index contributed by atoms with van der Waals surface area (Å²) in [6, 6.07) is 6.52. The first-order valence-corrected chi connectivity index (χ1v) is 8.64. The summed E-state index contributed by atoms with van der Waals surface area (Å²) in [6.07, 6.45) is 3.16. The molecule has 0 radical (unpaired) electrons. The number of nitrogens with one attached hydrogen (secondary N) is 1. The lowest BCUT2D eigenvalue weighted by atomic mass is 9.90. The molecule has 126 valence electrons. The number of methoxy groups -OCH3 is 1. The maximum Gasteiger partial charge on any atom is 0.341 e. The van der Waals surface area contributed by atoms with Gasteiger partial charge >= 0.3 is 5.97 Å². The van der Waals surface area contributed by atoms with Crippen LogP contribution >= 0.6 is 11.3 Å². The number of ether oxygens (including phenoxy) is 1. The smallest absolute Gasteiger partial charge is 0.341 e. The Hall–Kier alpha value is -2.34. The van der Waals surface area contributed by atoms with Gasteiger partial charge in [0.05, 0.1) is 17.7 Å². The number of fused-ring (bicyclic) bond motifs is 1. The highest BCUT2D eigenvalue weighted by atomic mass is 32.1. The number of thiophene rings is 1. The van der Waals surface area contributed by atoms with Crippen LogP contribution in [0.3, 0.4) is 0 Å². The van der Waals surface area contributed by atoms with E-state index in [1.165, 1.54) is 35.0 Å². The van der Waals surface area contributed by atoms with Crippen molar-refractivity contribution in [1.82, 2.24) is 0 Å². The van der Waals surface area contributed by atoms with Crippen LogP contribution in [0.4, 0.5) is 5.69 Å². The van der Waals surface area contributed by atoms with Gasteiger partial charge in [-0.25, -0.2) is 4.79 Å². The number of rotatable bonds is 3. The van der Waals surface area contributed by atoms with Crippen molar-refractivity contribution in [2.75, 3.05) is 12.4 Å². The molecule has 0 fully saturated rings. The van der Waals surface area contributed by atoms with Crippen LogP contribution in [-0.2, 0) is 17.6 Å². The molecule has 1 aromatic heterocycles. The summed E-state index contributed by atoms with van der Waals surface area (Å²) in [5.74, 6) is -0.569. The second-order valence-electron chi connectivity index (χ2n) is 6.05. The van der Waals surface area contributed by atoms with E-state index in [-0.39, 0.29) is 22.9 Å². The van der Waals surface area contributed by atoms with Gasteiger partial charge in [-0.1, -0.05) is 13.0 Å². The number of hydrogen-bond acceptors (Lipinski definition) is 5. The average molecular weight is 345 g/mol. The molecule has 1 atom stereocenters. The number of carbonyl (C=O) groups is 2. The zero-order valence-corrected chi connectivity index (χ0v) is 14.4. The molecule has 24 heavy (non-hydrogen) atoms. The monoisotopic (exact) mass is 345 g/mol. The van der Waals surface area contributed by atoms with Crippen molar-refractivity contribution in [2.45, 2.75) is 26.2 Å². The molecule has 6 heteroatoms. The SMILES string of the molecule is COC(=O)c1cccc(NC(=O)c2cc3c(s2)CCC(C)C3)c1O. The molecule has 0 saturated carbocycles. The van der Waals surface area contributed by atoms with Gasteiger partial charge in [-0.2, -0.15) is 0 Å². The highest BCUT2D eigenvalue weighted by Gasteiger charge is 2.22. The first-order valence-electron chi connectivity index (χ1n) is 7.82. The molecule has 2 N–H and O–H groups in total. The highest BCUT2D eigenvalue weighted by molar-refractivity contribution is 7.14. The lowest BCUT2D eigenvalue weighted by Crippen LogP contribution is -2.11. The molecule has 3 rings (SSSR count). The third-order valence-electron chi connectivity index (χ3n) is 4.24. The van der Waals surface area contributed by atoms with Crippen molar-refractivity contribution in [3.63, 3.8) is 0 Å². The number of para-hydroxylation sites is 1. The summed E-state index contributed by atoms with van der Waals surface area (Å²) in [4.78, 5) is 26.0. The van der Waals surface area contributed by atoms with Gasteiger partial charge in [0.1, 0.15) is 5.56 Å². The van der Waals surface area contributed by atoms with Crippen molar-refractivity contribution in [1.29, 1.82) is 0 Å². The van der Waals surface area contributed by atoms with Gasteiger partial charge in [-0.05, 0) is 48.9 Å². The number of esters is 1. The van der Waals surface area contributed by atoms with Gasteiger partial charge < -0.3 is 15.2 Å². The standard InChI is InChI=1S/C18H19NO4S/c1-10-6-7-14-11(8-10)9-15(24-14)17(21)19-13-5-3-4-12(16(13)20)18(22)23-2/h3-5,9-10,20H,6-8H2,1-2H3,(H,19,21). The van der Waals surface area contributed by atoms with Crippen LogP contribution in [0.25, 0.3) is 0 Å². The van der Waals surface area contributed by atoms with E-state index in [0.29, 0.717) is 10.8 Å². The summed E-state index contributed by atoms with van der Waals surface area (Å²) in [7, 11) is 1.24. The molecule has 1 aliphatic rings. The normalized spacial score (nSPS) is 16.3. The van der Waals surface area contributed by atoms with Crippen LogP contribution in [0.2, 0.25) is 0 Å². The van der Waals surface area contributed by atoms with Crippen molar-refractivity contribution in [2.24, 2.45) is 5.92 Å². The summed E-state index contributed by atoms with van der Waals surface area (Å²) in [5.41, 5.74) is 1.47. The molecule has 1 aromatic carbocycles. The minimum atomic E-state index is -0.649. The fourth-order valence-corrected chi connectivity index (χ4v) is 4.02. The van der Waals surface area contributed by atoms with Crippen molar-refractivity contribution >= 4 is 28.9 Å². The quantitative estimate of drug-likeness (QED) is 0.658. The second-order valence-corrected chi connectivity index (χ2v) is 7.19. The lowest BCUT2D eigenvalue weighted by molar-refractivity contribution is 0.0597. The van der Waals surface area contributed by atoms with E-state index in [0.717, 1.165) is 19.3 Å². The van der Waals surface area contributed by atoms with E-state index < -0.39 is 5.97 Å². The Bertz CT molecular complexity index is 796. The molecule has 1 unspecified atom stereocenters. The molecule has 2 aromatic rings. The number of phenolic OH excluding ortho intramolecular Hbond substituents is 1. The number of carbonyl (C=O) groups excluding carboxylic acids is 2. The minimum absolute atomic E-state index is 0.0228. The largest absolute Gasteiger partial charge is 0.505 e. The average Bonchev–Trinajstić information content (AvgIpc) is 2.99. The van der Waals surface area contributed by atoms with Gasteiger partial charge in [0.15, 0.2) is 5.75 Å². The second kappa shape index (κ2) is 6.65. The number of hydrogen-bond donors (Lipinski definition) is 2. The molecule has 0 bridgehead atoms. The molecule has 0 saturated heterocycles. The Balaban J connectivity index is 1.82. The van der Waals surface area contributed by atoms with E-state index in [1.807, 2.05) is 6.07 Å². The van der Waals surface area contributed by atoms with Gasteiger partial charge in [-0.15, -0.1) is 11.3 Å². The Kier molecular flexibility index (Phi) is 4.57. The Labute approximate surface area is 144 Å². The first-order chi connectivity index (χ1) is 11.5. The zero-order chi connectivity index (χ0) is 17.3. The number of aromatic hydroxyl groups is 1. The molecule has 1 amide bonds. The van der Waals surface area contributed by atoms with E-state index in [9.17, 15) is 14.7 Å². The van der Waals surface area contributed by atoms with Gasteiger partial charge in [-0.3, -0.25) is 4.79 Å². The number of amides is 1.